The van der Waals surface area contributed by atoms with E-state index in [9.17, 15) is 0 Å². The summed E-state index contributed by atoms with van der Waals surface area (Å²) in [5.41, 5.74) is 8.86. The number of hydrogen-bond donors (Lipinski definition) is 1. The maximum absolute atomic E-state index is 6.13. The van der Waals surface area contributed by atoms with Crippen molar-refractivity contribution in [1.29, 1.82) is 0 Å². The third kappa shape index (κ3) is 4.13. The first-order valence-corrected chi connectivity index (χ1v) is 9.89. The van der Waals surface area contributed by atoms with E-state index < -0.39 is 0 Å². The van der Waals surface area contributed by atoms with E-state index in [1.165, 1.54) is 37.8 Å². The molecule has 1 unspecified atom stereocenters. The Hall–Kier alpha value is -0.191. The molecule has 0 aliphatic rings. The van der Waals surface area contributed by atoms with Crippen LogP contribution in [0.3, 0.4) is 0 Å². The van der Waals surface area contributed by atoms with Gasteiger partial charge < -0.3 is 0 Å². The fraction of sp³-hybridized carbons (Fsp3) is 0.375. The molecule has 0 spiro atoms. The summed E-state index contributed by atoms with van der Waals surface area (Å²) in [6.07, 6.45) is 1.13. The molecule has 0 aliphatic heterocycles. The molecule has 0 amide bonds. The summed E-state index contributed by atoms with van der Waals surface area (Å²) in [5.74, 6) is 2.49. The molecule has 96 valence electrons. The van der Waals surface area contributed by atoms with Crippen molar-refractivity contribution in [2.75, 3.05) is 11.5 Å². The molecule has 0 radical (unpaired) electrons. The summed E-state index contributed by atoms with van der Waals surface area (Å²) < 4.78 is 1.34. The van der Waals surface area contributed by atoms with Crippen molar-refractivity contribution in [2.24, 2.45) is 5.73 Å². The summed E-state index contributed by atoms with van der Waals surface area (Å²) in [6, 6.07) is 13.3. The number of aryl methyl sites for hydroxylation is 1. The zero-order valence-corrected chi connectivity index (χ0v) is 15.0. The van der Waals surface area contributed by atoms with Crippen LogP contribution in [0, 0.1) is 0 Å². The summed E-state index contributed by atoms with van der Waals surface area (Å²) in [6.45, 7) is 2.08. The molecule has 2 aromatic rings. The third-order valence-electron chi connectivity index (χ3n) is 3.26. The van der Waals surface area contributed by atoms with Crippen molar-refractivity contribution >= 4 is 45.1 Å². The van der Waals surface area contributed by atoms with Gasteiger partial charge in [0.1, 0.15) is 0 Å². The van der Waals surface area contributed by atoms with E-state index in [-0.39, 0.29) is 6.04 Å². The Balaban J connectivity index is 2.26. The normalized spacial score (nSPS) is 12.8. The maximum atomic E-state index is 6.13. The van der Waals surface area contributed by atoms with Gasteiger partial charge in [-0.05, 0) is 0 Å². The molecule has 0 bridgehead atoms. The van der Waals surface area contributed by atoms with Crippen molar-refractivity contribution in [3.63, 3.8) is 0 Å². The van der Waals surface area contributed by atoms with Crippen LogP contribution in [0.2, 0.25) is 4.44 Å². The standard InChI is InChI=1S/C16H20NS.Sn/c1-3-18-9-8-15-10-13-6-4-5-7-14(13)11-16(15)12(2)17;/h4-7,10-12H,1,3,8-9,17H2,2H3;/q;+3. The predicted octanol–water partition coefficient (Wildman–Crippen LogP) is 3.72. The van der Waals surface area contributed by atoms with E-state index in [4.69, 9.17) is 5.73 Å². The molecule has 0 saturated heterocycles. The summed E-state index contributed by atoms with van der Waals surface area (Å²) in [4.78, 5) is 0. The number of rotatable bonds is 6. The van der Waals surface area contributed by atoms with E-state index >= 15 is 0 Å². The topological polar surface area (TPSA) is 26.0 Å². The summed E-state index contributed by atoms with van der Waals surface area (Å²) in [5, 5.41) is 2.62. The van der Waals surface area contributed by atoms with Crippen molar-refractivity contribution in [1.82, 2.24) is 0 Å². The number of nitrogens with two attached hydrogens (primary N) is 1. The second-order valence-electron chi connectivity index (χ2n) is 4.80. The number of thioether (sulfide) groups is 1. The molecule has 0 aliphatic carbocycles. The first-order chi connectivity index (χ1) is 9.22. The monoisotopic (exact) mass is 378 g/mol. The van der Waals surface area contributed by atoms with E-state index in [1.807, 2.05) is 0 Å². The predicted molar refractivity (Wildman–Crippen MR) is 88.1 cm³/mol. The van der Waals surface area contributed by atoms with Gasteiger partial charge in [-0.25, -0.2) is 0 Å². The molecule has 2 aromatic carbocycles. The van der Waals surface area contributed by atoms with Crippen molar-refractivity contribution < 1.29 is 0 Å². The first kappa shape index (κ1) is 15.2. The van der Waals surface area contributed by atoms with Gasteiger partial charge in [0.05, 0.1) is 0 Å². The molecule has 0 fully saturated rings. The van der Waals surface area contributed by atoms with Crippen molar-refractivity contribution in [2.45, 2.75) is 23.8 Å². The van der Waals surface area contributed by atoms with E-state index in [0.29, 0.717) is 0 Å². The number of benzene rings is 2. The van der Waals surface area contributed by atoms with Crippen LogP contribution in [0.15, 0.2) is 36.4 Å². The molecule has 2 rings (SSSR count). The number of hydrogen-bond acceptors (Lipinski definition) is 2. The van der Waals surface area contributed by atoms with Crippen LogP contribution < -0.4 is 5.73 Å². The van der Waals surface area contributed by atoms with E-state index in [2.05, 4.69) is 55.1 Å². The molecule has 3 heteroatoms. The second kappa shape index (κ2) is 7.55. The van der Waals surface area contributed by atoms with Gasteiger partial charge in [-0.15, -0.1) is 0 Å². The van der Waals surface area contributed by atoms with Gasteiger partial charge in [-0.3, -0.25) is 0 Å². The molecule has 0 aromatic heterocycles. The summed E-state index contributed by atoms with van der Waals surface area (Å²) >= 11 is 3.70. The fourth-order valence-corrected chi connectivity index (χ4v) is 4.25. The average molecular weight is 377 g/mol. The van der Waals surface area contributed by atoms with Crippen LogP contribution in [0.5, 0.6) is 0 Å². The van der Waals surface area contributed by atoms with E-state index in [0.717, 1.165) is 6.42 Å². The van der Waals surface area contributed by atoms with Crippen LogP contribution >= 0.6 is 11.8 Å². The fourth-order valence-electron chi connectivity index (χ4n) is 2.30. The third-order valence-corrected chi connectivity index (χ3v) is 5.99. The number of fused-ring (bicyclic) bond motifs is 1. The van der Waals surface area contributed by atoms with Crippen LogP contribution in [-0.4, -0.2) is 34.0 Å². The van der Waals surface area contributed by atoms with Crippen LogP contribution in [0.1, 0.15) is 24.1 Å². The molecule has 2 N–H and O–H groups in total. The van der Waals surface area contributed by atoms with Crippen molar-refractivity contribution in [3.8, 4) is 0 Å². The quantitative estimate of drug-likeness (QED) is 0.614. The molecule has 1 atom stereocenters. The Morgan fingerprint density at radius 3 is 2.47 bits per heavy atom. The Labute approximate surface area is 133 Å². The van der Waals surface area contributed by atoms with Crippen molar-refractivity contribution in [3.05, 3.63) is 47.5 Å². The Kier molecular flexibility index (Phi) is 6.04. The van der Waals surface area contributed by atoms with Crippen LogP contribution in [0.25, 0.3) is 10.8 Å². The van der Waals surface area contributed by atoms with Crippen LogP contribution in [-0.2, 0) is 6.42 Å². The second-order valence-corrected chi connectivity index (χ2v) is 7.45. The minimum atomic E-state index is 0.112. The van der Waals surface area contributed by atoms with Gasteiger partial charge >= 0.3 is 134 Å². The Morgan fingerprint density at radius 1 is 1.16 bits per heavy atom. The minimum absolute atomic E-state index is 0.112. The van der Waals surface area contributed by atoms with Gasteiger partial charge in [-0.1, -0.05) is 0 Å². The molecule has 1 nitrogen and oxygen atoms in total. The van der Waals surface area contributed by atoms with Gasteiger partial charge in [0.2, 0.25) is 0 Å². The molecule has 19 heavy (non-hydrogen) atoms. The Bertz CT molecular complexity index is 539. The molecular formula is C16H20NSSn+3. The average Bonchev–Trinajstić information content (AvgIpc) is 2.42. The zero-order valence-electron chi connectivity index (χ0n) is 11.4. The van der Waals surface area contributed by atoms with Gasteiger partial charge in [0, 0.05) is 0 Å². The molecule has 0 saturated carbocycles. The summed E-state index contributed by atoms with van der Waals surface area (Å²) in [7, 11) is 0. The van der Waals surface area contributed by atoms with Crippen LogP contribution in [0.4, 0.5) is 0 Å². The zero-order chi connectivity index (χ0) is 13.7. The SMILES string of the molecule is CC(N)c1cc2ccccc2cc1CCSC[CH2][Sn+3]. The molecule has 0 heterocycles. The Morgan fingerprint density at radius 2 is 1.84 bits per heavy atom. The van der Waals surface area contributed by atoms with Gasteiger partial charge in [0.15, 0.2) is 0 Å². The first-order valence-electron chi connectivity index (χ1n) is 6.72. The van der Waals surface area contributed by atoms with Gasteiger partial charge in [0.25, 0.3) is 0 Å². The van der Waals surface area contributed by atoms with Gasteiger partial charge in [-0.2, -0.15) is 0 Å². The van der Waals surface area contributed by atoms with E-state index in [1.54, 1.807) is 22.5 Å². The molecular weight excluding hydrogens is 357 g/mol.